The Balaban J connectivity index is 1.52. The maximum atomic E-state index is 6.96. The number of rotatable bonds is 4. The normalized spacial score (nSPS) is 49.3. The van der Waals surface area contributed by atoms with Crippen LogP contribution in [0.15, 0.2) is 0 Å². The SMILES string of the molecule is C[C@]12CCC3C(CC[C@H]4C[C@H](O[Si](C)(C)C)CC[C@]34C)C1CC[C@]2(C)O[Si](C)(C)C. The summed E-state index contributed by atoms with van der Waals surface area (Å²) in [5.74, 6) is 3.65. The summed E-state index contributed by atoms with van der Waals surface area (Å²) in [6.45, 7) is 22.0. The van der Waals surface area contributed by atoms with Crippen molar-refractivity contribution in [2.45, 2.75) is 130 Å². The fraction of sp³-hybridized carbons (Fsp3) is 1.00. The van der Waals surface area contributed by atoms with Crippen LogP contribution >= 0.6 is 0 Å². The lowest BCUT2D eigenvalue weighted by molar-refractivity contribution is -0.148. The Hall–Kier alpha value is 0.354. The molecule has 4 aliphatic rings. The number of hydrogen-bond donors (Lipinski definition) is 0. The Morgan fingerprint density at radius 1 is 0.700 bits per heavy atom. The van der Waals surface area contributed by atoms with Crippen molar-refractivity contribution >= 4 is 16.6 Å². The Bertz CT molecular complexity index is 652. The van der Waals surface area contributed by atoms with E-state index in [1.54, 1.807) is 0 Å². The fourth-order valence-corrected chi connectivity index (χ4v) is 11.8. The minimum absolute atomic E-state index is 0.105. The Kier molecular flexibility index (Phi) is 5.82. The van der Waals surface area contributed by atoms with Gasteiger partial charge < -0.3 is 8.85 Å². The van der Waals surface area contributed by atoms with E-state index in [9.17, 15) is 0 Å². The molecule has 4 heteroatoms. The molecule has 0 aromatic rings. The fourth-order valence-electron chi connectivity index (χ4n) is 8.89. The second-order valence-electron chi connectivity index (χ2n) is 14.2. The summed E-state index contributed by atoms with van der Waals surface area (Å²) < 4.78 is 13.6. The van der Waals surface area contributed by atoms with Crippen molar-refractivity contribution in [3.05, 3.63) is 0 Å². The summed E-state index contributed by atoms with van der Waals surface area (Å²) in [4.78, 5) is 0. The average molecular weight is 451 g/mol. The lowest BCUT2D eigenvalue weighted by Gasteiger charge is -2.62. The second kappa shape index (κ2) is 7.43. The van der Waals surface area contributed by atoms with Crippen LogP contribution in [0.4, 0.5) is 0 Å². The van der Waals surface area contributed by atoms with E-state index >= 15 is 0 Å². The Morgan fingerprint density at radius 3 is 2.00 bits per heavy atom. The molecule has 0 bridgehead atoms. The lowest BCUT2D eigenvalue weighted by atomic mass is 9.44. The van der Waals surface area contributed by atoms with Crippen LogP contribution in [-0.2, 0) is 8.85 Å². The zero-order valence-electron chi connectivity index (χ0n) is 21.6. The van der Waals surface area contributed by atoms with E-state index in [1.807, 2.05) is 0 Å². The first kappa shape index (κ1) is 23.5. The average Bonchev–Trinajstić information content (AvgIpc) is 2.83. The molecule has 4 rings (SSSR count). The van der Waals surface area contributed by atoms with Gasteiger partial charge >= 0.3 is 0 Å². The molecule has 174 valence electrons. The van der Waals surface area contributed by atoms with E-state index in [1.165, 1.54) is 57.8 Å². The molecule has 0 aliphatic heterocycles. The minimum atomic E-state index is -1.54. The first-order valence-electron chi connectivity index (χ1n) is 13.0. The van der Waals surface area contributed by atoms with E-state index in [4.69, 9.17) is 8.85 Å². The number of hydrogen-bond acceptors (Lipinski definition) is 2. The van der Waals surface area contributed by atoms with Gasteiger partial charge in [-0.05, 0) is 138 Å². The summed E-state index contributed by atoms with van der Waals surface area (Å²) in [6.07, 6.45) is 13.0. The van der Waals surface area contributed by atoms with Gasteiger partial charge in [0.05, 0.1) is 5.60 Å². The van der Waals surface area contributed by atoms with Gasteiger partial charge in [-0.25, -0.2) is 0 Å². The third-order valence-electron chi connectivity index (χ3n) is 10.2. The molecule has 0 N–H and O–H groups in total. The van der Waals surface area contributed by atoms with Gasteiger partial charge in [-0.15, -0.1) is 0 Å². The van der Waals surface area contributed by atoms with Crippen LogP contribution in [0.5, 0.6) is 0 Å². The summed E-state index contributed by atoms with van der Waals surface area (Å²) in [6, 6.07) is 0. The molecule has 4 aliphatic carbocycles. The van der Waals surface area contributed by atoms with Gasteiger partial charge in [0, 0.05) is 6.10 Å². The summed E-state index contributed by atoms with van der Waals surface area (Å²) in [5.41, 5.74) is 1.05. The van der Waals surface area contributed by atoms with Gasteiger partial charge in [0.15, 0.2) is 16.6 Å². The first-order chi connectivity index (χ1) is 13.7. The van der Waals surface area contributed by atoms with Crippen LogP contribution in [0, 0.1) is 34.5 Å². The Labute approximate surface area is 189 Å². The molecule has 4 saturated carbocycles. The second-order valence-corrected chi connectivity index (χ2v) is 23.1. The smallest absolute Gasteiger partial charge is 0.184 e. The molecule has 0 spiro atoms. The van der Waals surface area contributed by atoms with Crippen molar-refractivity contribution in [2.75, 3.05) is 0 Å². The van der Waals surface area contributed by atoms with Crippen molar-refractivity contribution in [2.24, 2.45) is 34.5 Å². The Morgan fingerprint density at radius 2 is 1.37 bits per heavy atom. The standard InChI is InChI=1S/C26H50O2Si2/c1-24-15-12-20(27-29(4,5)6)18-19(24)10-11-21-22(24)13-16-25(2)23(21)14-17-26(25,3)28-30(7,8)9/h19-23H,10-18H2,1-9H3/t19-,20+,21?,22?,23?,24-,25-,26-/m0/s1. The zero-order valence-corrected chi connectivity index (χ0v) is 23.6. The largest absolute Gasteiger partial charge is 0.415 e. The quantitative estimate of drug-likeness (QED) is 0.406. The maximum Gasteiger partial charge on any atom is 0.184 e. The van der Waals surface area contributed by atoms with Gasteiger partial charge in [0.1, 0.15) is 0 Å². The van der Waals surface area contributed by atoms with E-state index in [0.717, 1.165) is 23.7 Å². The molecule has 0 radical (unpaired) electrons. The molecular weight excluding hydrogens is 400 g/mol. The molecule has 30 heavy (non-hydrogen) atoms. The van der Waals surface area contributed by atoms with Gasteiger partial charge in [0.2, 0.25) is 0 Å². The summed E-state index contributed by atoms with van der Waals surface area (Å²) >= 11 is 0. The lowest BCUT2D eigenvalue weighted by Crippen LogP contribution is -2.58. The van der Waals surface area contributed by atoms with Crippen molar-refractivity contribution < 1.29 is 8.85 Å². The van der Waals surface area contributed by atoms with Gasteiger partial charge in [-0.1, -0.05) is 13.8 Å². The summed E-state index contributed by atoms with van der Waals surface area (Å²) in [7, 11) is -2.98. The molecule has 0 saturated heterocycles. The molecule has 0 amide bonds. The van der Waals surface area contributed by atoms with Crippen LogP contribution in [0.25, 0.3) is 0 Å². The zero-order chi connectivity index (χ0) is 22.2. The van der Waals surface area contributed by atoms with Crippen LogP contribution in [0.1, 0.15) is 78.6 Å². The van der Waals surface area contributed by atoms with E-state index in [-0.39, 0.29) is 5.60 Å². The van der Waals surface area contributed by atoms with Crippen LogP contribution in [0.2, 0.25) is 39.3 Å². The third-order valence-corrected chi connectivity index (χ3v) is 12.3. The van der Waals surface area contributed by atoms with Crippen molar-refractivity contribution in [3.8, 4) is 0 Å². The highest BCUT2D eigenvalue weighted by Gasteiger charge is 2.64. The molecule has 8 atom stereocenters. The molecule has 0 aromatic heterocycles. The van der Waals surface area contributed by atoms with Crippen LogP contribution in [0.3, 0.4) is 0 Å². The predicted octanol–water partition coefficient (Wildman–Crippen LogP) is 7.86. The first-order valence-corrected chi connectivity index (χ1v) is 19.9. The topological polar surface area (TPSA) is 18.5 Å². The third kappa shape index (κ3) is 3.94. The summed E-state index contributed by atoms with van der Waals surface area (Å²) in [5, 5.41) is 0. The van der Waals surface area contributed by atoms with Crippen LogP contribution < -0.4 is 0 Å². The predicted molar refractivity (Wildman–Crippen MR) is 133 cm³/mol. The van der Waals surface area contributed by atoms with E-state index in [2.05, 4.69) is 60.1 Å². The molecule has 3 unspecified atom stereocenters. The maximum absolute atomic E-state index is 6.96. The molecule has 0 heterocycles. The highest BCUT2D eigenvalue weighted by atomic mass is 28.4. The van der Waals surface area contributed by atoms with Gasteiger partial charge in [-0.2, -0.15) is 0 Å². The highest BCUT2D eigenvalue weighted by molar-refractivity contribution is 6.70. The minimum Gasteiger partial charge on any atom is -0.415 e. The van der Waals surface area contributed by atoms with E-state index in [0.29, 0.717) is 16.9 Å². The van der Waals surface area contributed by atoms with Crippen LogP contribution in [-0.4, -0.2) is 28.3 Å². The highest BCUT2D eigenvalue weighted by Crippen LogP contribution is 2.69. The van der Waals surface area contributed by atoms with Crippen molar-refractivity contribution in [3.63, 3.8) is 0 Å². The van der Waals surface area contributed by atoms with Gasteiger partial charge in [0.25, 0.3) is 0 Å². The van der Waals surface area contributed by atoms with Crippen molar-refractivity contribution in [1.82, 2.24) is 0 Å². The van der Waals surface area contributed by atoms with E-state index < -0.39 is 16.6 Å². The molecule has 0 aromatic carbocycles. The van der Waals surface area contributed by atoms with Gasteiger partial charge in [-0.3, -0.25) is 0 Å². The monoisotopic (exact) mass is 450 g/mol. The molecular formula is C26H50O2Si2. The van der Waals surface area contributed by atoms with Crippen molar-refractivity contribution in [1.29, 1.82) is 0 Å². The number of fused-ring (bicyclic) bond motifs is 5. The molecule has 2 nitrogen and oxygen atoms in total. The molecule has 4 fully saturated rings.